The Labute approximate surface area is 130 Å². The van der Waals surface area contributed by atoms with Crippen molar-refractivity contribution in [3.63, 3.8) is 0 Å². The molecule has 126 valence electrons. The minimum Gasteiger partial charge on any atom is -0.353 e. The molecule has 0 bridgehead atoms. The predicted molar refractivity (Wildman–Crippen MR) is 83.2 cm³/mol. The lowest BCUT2D eigenvalue weighted by Crippen LogP contribution is -2.39. The summed E-state index contributed by atoms with van der Waals surface area (Å²) < 4.78 is 45.6. The van der Waals surface area contributed by atoms with Gasteiger partial charge in [0.25, 0.3) is 0 Å². The molecule has 2 N–H and O–H groups in total. The summed E-state index contributed by atoms with van der Waals surface area (Å²) in [5.74, 6) is -2.90. The highest BCUT2D eigenvalue weighted by molar-refractivity contribution is 7.96. The molecule has 8 nitrogen and oxygen atoms in total. The van der Waals surface area contributed by atoms with Gasteiger partial charge >= 0.3 is 0 Å². The second-order valence-corrected chi connectivity index (χ2v) is 9.05. The molecule has 0 atom stereocenters. The summed E-state index contributed by atoms with van der Waals surface area (Å²) in [6.07, 6.45) is 0. The maximum absolute atomic E-state index is 11.4. The average molecular weight is 352 g/mol. The van der Waals surface area contributed by atoms with E-state index in [-0.39, 0.29) is 22.9 Å². The molecule has 0 saturated heterocycles. The lowest BCUT2D eigenvalue weighted by Gasteiger charge is -2.08. The number of hydrogen-bond donors (Lipinski definition) is 2. The van der Waals surface area contributed by atoms with Gasteiger partial charge in [-0.25, -0.2) is 16.8 Å². The molecule has 0 aromatic rings. The zero-order valence-electron chi connectivity index (χ0n) is 12.5. The molecule has 10 heteroatoms. The van der Waals surface area contributed by atoms with E-state index in [9.17, 15) is 26.4 Å². The number of rotatable bonds is 9. The van der Waals surface area contributed by atoms with Crippen molar-refractivity contribution in [1.29, 1.82) is 0 Å². The van der Waals surface area contributed by atoms with Gasteiger partial charge in [-0.1, -0.05) is 13.2 Å². The van der Waals surface area contributed by atoms with E-state index in [1.54, 1.807) is 0 Å². The van der Waals surface area contributed by atoms with Crippen LogP contribution in [0.2, 0.25) is 0 Å². The number of nitrogens with one attached hydrogen (secondary N) is 2. The Bertz CT molecular complexity index is 616. The Morgan fingerprint density at radius 1 is 0.773 bits per heavy atom. The maximum Gasteiger partial charge on any atom is 0.235 e. The zero-order chi connectivity index (χ0) is 17.6. The first kappa shape index (κ1) is 20.3. The summed E-state index contributed by atoms with van der Waals surface area (Å²) in [5, 5.41) is 4.59. The third kappa shape index (κ3) is 7.36. The summed E-state index contributed by atoms with van der Waals surface area (Å²) >= 11 is 0. The Hall–Kier alpha value is -1.68. The summed E-state index contributed by atoms with van der Waals surface area (Å²) in [7, 11) is -7.33. The van der Waals surface area contributed by atoms with Crippen molar-refractivity contribution in [1.82, 2.24) is 10.6 Å². The number of hydrogen-bond acceptors (Lipinski definition) is 6. The van der Waals surface area contributed by atoms with Crippen molar-refractivity contribution in [2.75, 3.05) is 24.6 Å². The second kappa shape index (κ2) is 8.08. The molecule has 0 spiro atoms. The van der Waals surface area contributed by atoms with Gasteiger partial charge in [0.15, 0.2) is 19.7 Å². The average Bonchev–Trinajstić information content (AvgIpc) is 2.33. The fraction of sp³-hybridized carbons (Fsp3) is 0.500. The van der Waals surface area contributed by atoms with E-state index in [0.29, 0.717) is 0 Å². The van der Waals surface area contributed by atoms with Crippen molar-refractivity contribution >= 4 is 31.5 Å². The van der Waals surface area contributed by atoms with Crippen LogP contribution in [0.4, 0.5) is 0 Å². The van der Waals surface area contributed by atoms with Crippen molar-refractivity contribution in [2.45, 2.75) is 13.8 Å². The van der Waals surface area contributed by atoms with E-state index < -0.39 is 43.0 Å². The maximum atomic E-state index is 11.4. The first-order valence-electron chi connectivity index (χ1n) is 6.18. The van der Waals surface area contributed by atoms with E-state index in [2.05, 4.69) is 23.8 Å². The molecule has 2 amide bonds. The molecular weight excluding hydrogens is 332 g/mol. The van der Waals surface area contributed by atoms with Gasteiger partial charge in [0.1, 0.15) is 11.5 Å². The molecule has 0 saturated carbocycles. The minimum absolute atomic E-state index is 0.0244. The Morgan fingerprint density at radius 2 is 1.05 bits per heavy atom. The molecule has 0 aliphatic heterocycles. The largest absolute Gasteiger partial charge is 0.353 e. The van der Waals surface area contributed by atoms with Gasteiger partial charge in [-0.2, -0.15) is 0 Å². The molecule has 0 radical (unpaired) electrons. The highest BCUT2D eigenvalue weighted by Gasteiger charge is 2.18. The lowest BCUT2D eigenvalue weighted by molar-refractivity contribution is -0.120. The number of allylic oxidation sites excluding steroid dienone is 2. The fourth-order valence-electron chi connectivity index (χ4n) is 1.10. The van der Waals surface area contributed by atoms with Crippen molar-refractivity contribution < 1.29 is 26.4 Å². The topological polar surface area (TPSA) is 126 Å². The van der Waals surface area contributed by atoms with Crippen molar-refractivity contribution in [3.05, 3.63) is 23.0 Å². The van der Waals surface area contributed by atoms with Gasteiger partial charge in [0.05, 0.1) is 0 Å². The van der Waals surface area contributed by atoms with E-state index in [1.165, 1.54) is 13.8 Å². The van der Waals surface area contributed by atoms with Crippen LogP contribution in [0.1, 0.15) is 13.8 Å². The second-order valence-electron chi connectivity index (χ2n) is 4.62. The molecule has 0 aliphatic carbocycles. The quantitative estimate of drug-likeness (QED) is 0.519. The molecule has 22 heavy (non-hydrogen) atoms. The van der Waals surface area contributed by atoms with Crippen LogP contribution in [-0.4, -0.2) is 53.2 Å². The van der Waals surface area contributed by atoms with E-state index >= 15 is 0 Å². The lowest BCUT2D eigenvalue weighted by atomic mass is 10.5. The zero-order valence-corrected chi connectivity index (χ0v) is 14.1. The number of amides is 2. The predicted octanol–water partition coefficient (Wildman–Crippen LogP) is -0.884. The van der Waals surface area contributed by atoms with Gasteiger partial charge in [-0.3, -0.25) is 9.59 Å². The van der Waals surface area contributed by atoms with Crippen LogP contribution in [0.5, 0.6) is 0 Å². The summed E-state index contributed by atoms with van der Waals surface area (Å²) in [5.41, 5.74) is 0. The Morgan fingerprint density at radius 3 is 1.27 bits per heavy atom. The molecule has 0 unspecified atom stereocenters. The molecule has 0 aliphatic rings. The molecular formula is C12H20N2O6S2. The Balaban J connectivity index is 4.14. The molecule has 0 heterocycles. The van der Waals surface area contributed by atoms with E-state index in [0.717, 1.165) is 0 Å². The third-order valence-corrected chi connectivity index (χ3v) is 5.88. The van der Waals surface area contributed by atoms with E-state index in [4.69, 9.17) is 0 Å². The van der Waals surface area contributed by atoms with Crippen LogP contribution in [-0.2, 0) is 29.3 Å². The molecule has 0 fully saturated rings. The standard InChI is InChI=1S/C12H20N2O6S2/c1-9(2)21(17,18)7-11(15)13-5-6-14-12(16)8-22(19,20)10(3)4/h1,3,5-8H2,2,4H3,(H,13,15)(H,14,16). The van der Waals surface area contributed by atoms with Crippen LogP contribution in [0.15, 0.2) is 23.0 Å². The van der Waals surface area contributed by atoms with Crippen LogP contribution < -0.4 is 10.6 Å². The van der Waals surface area contributed by atoms with Crippen molar-refractivity contribution in [2.24, 2.45) is 0 Å². The fourth-order valence-corrected chi connectivity index (χ4v) is 2.48. The SMILES string of the molecule is C=C(C)S(=O)(=O)CC(=O)NCCNC(=O)CS(=O)(=O)C(=C)C. The molecule has 0 aromatic heterocycles. The normalized spacial score (nSPS) is 11.5. The summed E-state index contributed by atoms with van der Waals surface area (Å²) in [4.78, 5) is 22.5. The van der Waals surface area contributed by atoms with Gasteiger partial charge in [-0.05, 0) is 13.8 Å². The van der Waals surface area contributed by atoms with Gasteiger partial charge in [0, 0.05) is 22.9 Å². The highest BCUT2D eigenvalue weighted by Crippen LogP contribution is 2.03. The van der Waals surface area contributed by atoms with Crippen LogP contribution in [0.3, 0.4) is 0 Å². The van der Waals surface area contributed by atoms with Crippen LogP contribution in [0.25, 0.3) is 0 Å². The highest BCUT2D eigenvalue weighted by atomic mass is 32.2. The minimum atomic E-state index is -3.67. The first-order valence-corrected chi connectivity index (χ1v) is 9.49. The summed E-state index contributed by atoms with van der Waals surface area (Å²) in [6, 6.07) is 0. The number of carbonyl (C=O) groups excluding carboxylic acids is 2. The Kier molecular flexibility index (Phi) is 7.47. The van der Waals surface area contributed by atoms with Gasteiger partial charge in [-0.15, -0.1) is 0 Å². The van der Waals surface area contributed by atoms with Crippen LogP contribution >= 0.6 is 0 Å². The van der Waals surface area contributed by atoms with Crippen LogP contribution in [0, 0.1) is 0 Å². The molecule has 0 rings (SSSR count). The number of carbonyl (C=O) groups is 2. The monoisotopic (exact) mass is 352 g/mol. The van der Waals surface area contributed by atoms with Gasteiger partial charge in [0.2, 0.25) is 11.8 Å². The summed E-state index contributed by atoms with van der Waals surface area (Å²) in [6.45, 7) is 9.03. The molecule has 0 aromatic carbocycles. The first-order chi connectivity index (χ1) is 9.88. The van der Waals surface area contributed by atoms with E-state index in [1.807, 2.05) is 0 Å². The van der Waals surface area contributed by atoms with Crippen molar-refractivity contribution in [3.8, 4) is 0 Å². The van der Waals surface area contributed by atoms with Gasteiger partial charge < -0.3 is 10.6 Å². The smallest absolute Gasteiger partial charge is 0.235 e. The third-order valence-electron chi connectivity index (χ3n) is 2.47. The number of sulfone groups is 2.